The van der Waals surface area contributed by atoms with Gasteiger partial charge in [0.25, 0.3) is 0 Å². The second-order valence-electron chi connectivity index (χ2n) is 5.13. The van der Waals surface area contributed by atoms with Crippen LogP contribution in [0.4, 0.5) is 5.69 Å². The first-order valence-electron chi connectivity index (χ1n) is 5.89. The molecule has 1 unspecified atom stereocenters. The van der Waals surface area contributed by atoms with Gasteiger partial charge in [0.2, 0.25) is 0 Å². The quantitative estimate of drug-likeness (QED) is 0.599. The lowest BCUT2D eigenvalue weighted by molar-refractivity contribution is 0.410. The summed E-state index contributed by atoms with van der Waals surface area (Å²) in [5.41, 5.74) is 9.57. The fourth-order valence-electron chi connectivity index (χ4n) is 2.00. The molecule has 0 saturated carbocycles. The van der Waals surface area contributed by atoms with Crippen molar-refractivity contribution in [1.29, 1.82) is 0 Å². The van der Waals surface area contributed by atoms with Gasteiger partial charge in [-0.1, -0.05) is 50.6 Å². The fourth-order valence-corrected chi connectivity index (χ4v) is 2.00. The Hall–Kier alpha value is -1.24. The molecule has 1 atom stereocenters. The van der Waals surface area contributed by atoms with Crippen LogP contribution in [-0.4, -0.2) is 0 Å². The van der Waals surface area contributed by atoms with Gasteiger partial charge in [0, 0.05) is 5.69 Å². The molecule has 0 saturated heterocycles. The molecule has 0 aromatic heterocycles. The van der Waals surface area contributed by atoms with Gasteiger partial charge in [-0.15, -0.1) is 0 Å². The molecule has 1 heteroatoms. The molecule has 0 spiro atoms. The van der Waals surface area contributed by atoms with E-state index in [4.69, 9.17) is 5.73 Å². The number of nitrogen functional groups attached to an aromatic ring is 1. The van der Waals surface area contributed by atoms with Crippen LogP contribution in [-0.2, 0) is 5.41 Å². The van der Waals surface area contributed by atoms with Crippen molar-refractivity contribution < 1.29 is 0 Å². The Balaban J connectivity index is 3.20. The Morgan fingerprint density at radius 3 is 2.50 bits per heavy atom. The van der Waals surface area contributed by atoms with E-state index in [1.54, 1.807) is 0 Å². The SMILES string of the molecule is CC=CC(C)C(C)(C)c1cc(C)ccc1N. The second kappa shape index (κ2) is 4.73. The number of benzene rings is 1. The van der Waals surface area contributed by atoms with Gasteiger partial charge in [0.05, 0.1) is 0 Å². The molecule has 1 rings (SSSR count). The van der Waals surface area contributed by atoms with E-state index >= 15 is 0 Å². The number of hydrogen-bond donors (Lipinski definition) is 1. The summed E-state index contributed by atoms with van der Waals surface area (Å²) in [6, 6.07) is 6.28. The first kappa shape index (κ1) is 12.8. The molecule has 0 aliphatic rings. The van der Waals surface area contributed by atoms with Gasteiger partial charge in [-0.3, -0.25) is 0 Å². The minimum absolute atomic E-state index is 0.0720. The van der Waals surface area contributed by atoms with Gasteiger partial charge in [0.15, 0.2) is 0 Å². The van der Waals surface area contributed by atoms with Gasteiger partial charge >= 0.3 is 0 Å². The summed E-state index contributed by atoms with van der Waals surface area (Å²) in [4.78, 5) is 0. The van der Waals surface area contributed by atoms with Crippen LogP contribution in [0, 0.1) is 12.8 Å². The van der Waals surface area contributed by atoms with Crippen molar-refractivity contribution >= 4 is 5.69 Å². The van der Waals surface area contributed by atoms with Gasteiger partial charge in [-0.25, -0.2) is 0 Å². The van der Waals surface area contributed by atoms with E-state index in [1.807, 2.05) is 6.07 Å². The third-order valence-corrected chi connectivity index (χ3v) is 3.52. The largest absolute Gasteiger partial charge is 0.398 e. The van der Waals surface area contributed by atoms with Crippen LogP contribution in [0.15, 0.2) is 30.4 Å². The molecule has 0 amide bonds. The van der Waals surface area contributed by atoms with Crippen molar-refractivity contribution in [3.63, 3.8) is 0 Å². The van der Waals surface area contributed by atoms with E-state index in [9.17, 15) is 0 Å². The molecule has 16 heavy (non-hydrogen) atoms. The smallest absolute Gasteiger partial charge is 0.0352 e. The summed E-state index contributed by atoms with van der Waals surface area (Å²) in [7, 11) is 0. The van der Waals surface area contributed by atoms with E-state index < -0.39 is 0 Å². The minimum atomic E-state index is 0.0720. The minimum Gasteiger partial charge on any atom is -0.398 e. The Morgan fingerprint density at radius 1 is 1.31 bits per heavy atom. The molecule has 0 radical (unpaired) electrons. The lowest BCUT2D eigenvalue weighted by atomic mass is 9.73. The van der Waals surface area contributed by atoms with Crippen molar-refractivity contribution in [1.82, 2.24) is 0 Å². The Kier molecular flexibility index (Phi) is 3.79. The summed E-state index contributed by atoms with van der Waals surface area (Å²) in [6.45, 7) is 10.9. The maximum absolute atomic E-state index is 6.09. The number of anilines is 1. The Bertz CT molecular complexity index is 388. The summed E-state index contributed by atoms with van der Waals surface area (Å²) >= 11 is 0. The van der Waals surface area contributed by atoms with E-state index in [2.05, 4.69) is 58.9 Å². The summed E-state index contributed by atoms with van der Waals surface area (Å²) < 4.78 is 0. The second-order valence-corrected chi connectivity index (χ2v) is 5.13. The molecule has 1 aromatic carbocycles. The van der Waals surface area contributed by atoms with Crippen molar-refractivity contribution in [3.8, 4) is 0 Å². The maximum atomic E-state index is 6.09. The summed E-state index contributed by atoms with van der Waals surface area (Å²) in [5.74, 6) is 0.474. The average Bonchev–Trinajstić information content (AvgIpc) is 2.22. The van der Waals surface area contributed by atoms with Gasteiger partial charge in [-0.05, 0) is 36.8 Å². The predicted molar refractivity (Wildman–Crippen MR) is 72.6 cm³/mol. The van der Waals surface area contributed by atoms with Crippen LogP contribution in [0.25, 0.3) is 0 Å². The first-order valence-corrected chi connectivity index (χ1v) is 5.89. The fraction of sp³-hybridized carbons (Fsp3) is 0.467. The standard InChI is InChI=1S/C15H23N/c1-6-7-12(3)15(4,5)13-10-11(2)8-9-14(13)16/h6-10,12H,16H2,1-5H3. The van der Waals surface area contributed by atoms with Crippen LogP contribution < -0.4 is 5.73 Å². The highest BCUT2D eigenvalue weighted by atomic mass is 14.6. The van der Waals surface area contributed by atoms with E-state index in [0.717, 1.165) is 5.69 Å². The number of hydrogen-bond acceptors (Lipinski definition) is 1. The van der Waals surface area contributed by atoms with Crippen molar-refractivity contribution in [3.05, 3.63) is 41.5 Å². The van der Waals surface area contributed by atoms with Gasteiger partial charge in [-0.2, -0.15) is 0 Å². The molecule has 0 fully saturated rings. The highest BCUT2D eigenvalue weighted by molar-refractivity contribution is 5.52. The molecular formula is C15H23N. The zero-order valence-electron chi connectivity index (χ0n) is 11.0. The van der Waals surface area contributed by atoms with E-state index in [0.29, 0.717) is 5.92 Å². The molecule has 0 aliphatic heterocycles. The Morgan fingerprint density at radius 2 is 1.94 bits per heavy atom. The van der Waals surface area contributed by atoms with Crippen LogP contribution in [0.5, 0.6) is 0 Å². The number of nitrogens with two attached hydrogens (primary N) is 1. The molecule has 1 nitrogen and oxygen atoms in total. The third kappa shape index (κ3) is 2.46. The lowest BCUT2D eigenvalue weighted by Gasteiger charge is -2.32. The van der Waals surface area contributed by atoms with Crippen LogP contribution in [0.2, 0.25) is 0 Å². The number of allylic oxidation sites excluding steroid dienone is 2. The molecule has 0 heterocycles. The maximum Gasteiger partial charge on any atom is 0.0352 e. The molecule has 0 bridgehead atoms. The molecule has 88 valence electrons. The first-order chi connectivity index (χ1) is 7.39. The van der Waals surface area contributed by atoms with Gasteiger partial charge in [0.1, 0.15) is 0 Å². The highest BCUT2D eigenvalue weighted by Crippen LogP contribution is 2.36. The van der Waals surface area contributed by atoms with E-state index in [1.165, 1.54) is 11.1 Å². The summed E-state index contributed by atoms with van der Waals surface area (Å²) in [5, 5.41) is 0. The van der Waals surface area contributed by atoms with Crippen LogP contribution >= 0.6 is 0 Å². The molecular weight excluding hydrogens is 194 g/mol. The van der Waals surface area contributed by atoms with Crippen molar-refractivity contribution in [2.75, 3.05) is 5.73 Å². The van der Waals surface area contributed by atoms with E-state index in [-0.39, 0.29) is 5.41 Å². The zero-order valence-corrected chi connectivity index (χ0v) is 11.0. The average molecular weight is 217 g/mol. The van der Waals surface area contributed by atoms with Crippen LogP contribution in [0.1, 0.15) is 38.8 Å². The molecule has 2 N–H and O–H groups in total. The predicted octanol–water partition coefficient (Wildman–Crippen LogP) is 4.07. The Labute approximate surface area is 99.4 Å². The summed E-state index contributed by atoms with van der Waals surface area (Å²) in [6.07, 6.45) is 4.35. The topological polar surface area (TPSA) is 26.0 Å². The third-order valence-electron chi connectivity index (χ3n) is 3.52. The number of aryl methyl sites for hydroxylation is 1. The van der Waals surface area contributed by atoms with Crippen LogP contribution in [0.3, 0.4) is 0 Å². The zero-order chi connectivity index (χ0) is 12.3. The normalized spacial score (nSPS) is 14.3. The molecule has 0 aliphatic carbocycles. The van der Waals surface area contributed by atoms with Crippen molar-refractivity contribution in [2.24, 2.45) is 5.92 Å². The van der Waals surface area contributed by atoms with Gasteiger partial charge < -0.3 is 5.73 Å². The monoisotopic (exact) mass is 217 g/mol. The molecule has 1 aromatic rings. The van der Waals surface area contributed by atoms with Crippen molar-refractivity contribution in [2.45, 2.75) is 40.0 Å². The number of rotatable bonds is 3. The highest BCUT2D eigenvalue weighted by Gasteiger charge is 2.27. The lowest BCUT2D eigenvalue weighted by Crippen LogP contribution is -2.26.